The van der Waals surface area contributed by atoms with E-state index in [1.807, 2.05) is 0 Å². The van der Waals surface area contributed by atoms with E-state index in [9.17, 15) is 13.6 Å². The molecule has 0 radical (unpaired) electrons. The Morgan fingerprint density at radius 3 is 2.53 bits per heavy atom. The minimum atomic E-state index is -1.09. The van der Waals surface area contributed by atoms with Crippen molar-refractivity contribution in [1.82, 2.24) is 15.0 Å². The molecule has 0 aliphatic carbocycles. The molecule has 2 aromatic heterocycles. The van der Waals surface area contributed by atoms with Gasteiger partial charge >= 0.3 is 0 Å². The molecule has 0 saturated heterocycles. The van der Waals surface area contributed by atoms with Crippen LogP contribution in [0.3, 0.4) is 0 Å². The minimum absolute atomic E-state index is 0.00237. The van der Waals surface area contributed by atoms with Crippen LogP contribution in [0.25, 0.3) is 11.3 Å². The summed E-state index contributed by atoms with van der Waals surface area (Å²) in [6, 6.07) is 5.08. The van der Waals surface area contributed by atoms with Gasteiger partial charge in [-0.25, -0.2) is 13.8 Å². The molecule has 3 aromatic rings. The Morgan fingerprint density at radius 1 is 1.20 bits per heavy atom. The third-order valence-corrected chi connectivity index (χ3v) is 4.19. The maximum atomic E-state index is 13.7. The quantitative estimate of drug-likeness (QED) is 0.372. The van der Waals surface area contributed by atoms with Crippen molar-refractivity contribution in [3.8, 4) is 11.3 Å². The number of aliphatic imine (C=N–C) groups is 1. The number of hydrogen-bond donors (Lipinski definition) is 1. The van der Waals surface area contributed by atoms with Gasteiger partial charge in [-0.15, -0.1) is 0 Å². The first-order valence-electron chi connectivity index (χ1n) is 8.41. The van der Waals surface area contributed by atoms with E-state index in [1.165, 1.54) is 18.7 Å². The molecule has 7 nitrogen and oxygen atoms in total. The maximum Gasteiger partial charge on any atom is 0.262 e. The van der Waals surface area contributed by atoms with Gasteiger partial charge in [0.25, 0.3) is 5.91 Å². The topological polar surface area (TPSA) is 89.4 Å². The van der Waals surface area contributed by atoms with E-state index in [0.717, 1.165) is 12.4 Å². The Kier molecular flexibility index (Phi) is 6.43. The lowest BCUT2D eigenvalue weighted by molar-refractivity contribution is 0.101. The number of hydrogen-bond acceptors (Lipinski definition) is 6. The van der Waals surface area contributed by atoms with Crippen molar-refractivity contribution in [3.05, 3.63) is 83.6 Å². The van der Waals surface area contributed by atoms with Crippen LogP contribution in [0, 0.1) is 11.6 Å². The molecule has 0 unspecified atom stereocenters. The number of pyridine rings is 1. The molecule has 0 aliphatic rings. The number of carbonyl (C=O) groups is 1. The lowest BCUT2D eigenvalue weighted by Crippen LogP contribution is -2.17. The number of ether oxygens (including phenoxy) is 1. The van der Waals surface area contributed by atoms with Crippen molar-refractivity contribution in [2.45, 2.75) is 0 Å². The van der Waals surface area contributed by atoms with Crippen molar-refractivity contribution in [2.24, 2.45) is 4.99 Å². The highest BCUT2D eigenvalue weighted by molar-refractivity contribution is 6.33. The lowest BCUT2D eigenvalue weighted by Gasteiger charge is -2.10. The van der Waals surface area contributed by atoms with Gasteiger partial charge in [0, 0.05) is 18.2 Å². The highest BCUT2D eigenvalue weighted by atomic mass is 35.5. The van der Waals surface area contributed by atoms with E-state index in [-0.39, 0.29) is 5.82 Å². The van der Waals surface area contributed by atoms with E-state index in [0.29, 0.717) is 27.7 Å². The number of benzene rings is 1. The minimum Gasteiger partial charge on any atom is -0.447 e. The number of anilines is 1. The van der Waals surface area contributed by atoms with Crippen LogP contribution in [0.2, 0.25) is 5.02 Å². The fraction of sp³-hybridized carbons (Fsp3) is 0.0500. The van der Waals surface area contributed by atoms with Gasteiger partial charge in [-0.3, -0.25) is 19.8 Å². The van der Waals surface area contributed by atoms with Crippen molar-refractivity contribution < 1.29 is 18.3 Å². The Morgan fingerprint density at radius 2 is 1.93 bits per heavy atom. The summed E-state index contributed by atoms with van der Waals surface area (Å²) in [6.45, 7) is 3.50. The molecule has 2 heterocycles. The molecular formula is C20H14ClF2N5O2. The summed E-state index contributed by atoms with van der Waals surface area (Å²) in [5, 5.41) is 2.69. The molecule has 1 aromatic carbocycles. The number of halogens is 3. The summed E-state index contributed by atoms with van der Waals surface area (Å²) in [6.07, 6.45) is 5.33. The second-order valence-electron chi connectivity index (χ2n) is 5.73. The number of rotatable bonds is 5. The van der Waals surface area contributed by atoms with E-state index in [1.54, 1.807) is 25.2 Å². The van der Waals surface area contributed by atoms with Crippen LogP contribution in [-0.4, -0.2) is 33.8 Å². The van der Waals surface area contributed by atoms with Crippen LogP contribution < -0.4 is 5.32 Å². The molecule has 30 heavy (non-hydrogen) atoms. The van der Waals surface area contributed by atoms with E-state index in [4.69, 9.17) is 16.3 Å². The van der Waals surface area contributed by atoms with Crippen LogP contribution in [0.5, 0.6) is 0 Å². The molecule has 0 fully saturated rings. The normalized spacial score (nSPS) is 11.1. The van der Waals surface area contributed by atoms with Crippen LogP contribution >= 0.6 is 11.6 Å². The third kappa shape index (κ3) is 4.47. The Hall–Kier alpha value is -3.72. The first kappa shape index (κ1) is 21.0. The van der Waals surface area contributed by atoms with E-state index < -0.39 is 23.1 Å². The fourth-order valence-electron chi connectivity index (χ4n) is 2.52. The van der Waals surface area contributed by atoms with Crippen LogP contribution in [0.15, 0.2) is 60.8 Å². The van der Waals surface area contributed by atoms with Gasteiger partial charge in [-0.05, 0) is 18.2 Å². The summed E-state index contributed by atoms with van der Waals surface area (Å²) in [5.74, 6) is -2.86. The van der Waals surface area contributed by atoms with Gasteiger partial charge in [-0.2, -0.15) is 0 Å². The molecule has 3 rings (SSSR count). The molecule has 10 heteroatoms. The number of amides is 1. The van der Waals surface area contributed by atoms with Crippen molar-refractivity contribution in [3.63, 3.8) is 0 Å². The molecular weight excluding hydrogens is 416 g/mol. The maximum absolute atomic E-state index is 13.7. The zero-order valence-corrected chi connectivity index (χ0v) is 16.3. The van der Waals surface area contributed by atoms with Crippen molar-refractivity contribution >= 4 is 29.2 Å². The highest BCUT2D eigenvalue weighted by Crippen LogP contribution is 2.28. The Bertz CT molecular complexity index is 1120. The second kappa shape index (κ2) is 9.19. The summed E-state index contributed by atoms with van der Waals surface area (Å²) < 4.78 is 32.6. The van der Waals surface area contributed by atoms with Crippen LogP contribution in [0.1, 0.15) is 15.9 Å². The van der Waals surface area contributed by atoms with Crippen LogP contribution in [0.4, 0.5) is 14.6 Å². The zero-order valence-electron chi connectivity index (χ0n) is 15.6. The lowest BCUT2D eigenvalue weighted by atomic mass is 10.1. The molecule has 0 atom stereocenters. The van der Waals surface area contributed by atoms with Gasteiger partial charge in [0.05, 0.1) is 41.8 Å². The predicted molar refractivity (Wildman–Crippen MR) is 108 cm³/mol. The van der Waals surface area contributed by atoms with E-state index >= 15 is 0 Å². The smallest absolute Gasteiger partial charge is 0.262 e. The van der Waals surface area contributed by atoms with Gasteiger partial charge in [-0.1, -0.05) is 18.2 Å². The zero-order chi connectivity index (χ0) is 21.7. The Labute approximate surface area is 175 Å². The summed E-state index contributed by atoms with van der Waals surface area (Å²) in [7, 11) is 1.57. The number of nitrogens with zero attached hydrogens (tertiary/aromatic N) is 4. The van der Waals surface area contributed by atoms with Gasteiger partial charge in [0.2, 0.25) is 5.90 Å². The highest BCUT2D eigenvalue weighted by Gasteiger charge is 2.18. The summed E-state index contributed by atoms with van der Waals surface area (Å²) in [4.78, 5) is 27.8. The first-order valence-corrected chi connectivity index (χ1v) is 8.79. The Balaban J connectivity index is 1.86. The molecule has 1 amide bonds. The van der Waals surface area contributed by atoms with Gasteiger partial charge < -0.3 is 10.1 Å². The first-order chi connectivity index (χ1) is 14.4. The molecule has 0 saturated carbocycles. The standard InChI is InChI=1S/C20H14ClF2N5O2/c1-3-30-20(24-2)11-4-5-13(21)12(6-11)16-9-27-17(10-26-16)28-19(29)18-14(22)7-25-8-15(18)23/h3-10H,1H2,2H3,(H,27,28,29)/b24-20-. The molecule has 0 spiro atoms. The number of nitrogens with one attached hydrogen (secondary N) is 1. The van der Waals surface area contributed by atoms with E-state index in [2.05, 4.69) is 31.8 Å². The second-order valence-corrected chi connectivity index (χ2v) is 6.13. The summed E-state index contributed by atoms with van der Waals surface area (Å²) >= 11 is 6.27. The SMILES string of the molecule is C=CO/C(=N\C)c1ccc(Cl)c(-c2cnc(NC(=O)c3c(F)cncc3F)cn2)c1. The van der Waals surface area contributed by atoms with Crippen molar-refractivity contribution in [1.29, 1.82) is 0 Å². The number of aromatic nitrogens is 3. The monoisotopic (exact) mass is 429 g/mol. The van der Waals surface area contributed by atoms with Gasteiger partial charge in [0.15, 0.2) is 17.5 Å². The molecule has 0 aliphatic heterocycles. The third-order valence-electron chi connectivity index (χ3n) is 3.86. The fourth-order valence-corrected chi connectivity index (χ4v) is 2.74. The predicted octanol–water partition coefficient (Wildman–Crippen LogP) is 4.26. The van der Waals surface area contributed by atoms with Crippen molar-refractivity contribution in [2.75, 3.05) is 12.4 Å². The number of carbonyl (C=O) groups excluding carboxylic acids is 1. The van der Waals surface area contributed by atoms with Crippen LogP contribution in [-0.2, 0) is 4.74 Å². The average molecular weight is 430 g/mol. The van der Waals surface area contributed by atoms with Gasteiger partial charge in [0.1, 0.15) is 5.56 Å². The molecule has 1 N–H and O–H groups in total. The molecule has 152 valence electrons. The average Bonchev–Trinajstić information content (AvgIpc) is 2.73. The summed E-state index contributed by atoms with van der Waals surface area (Å²) in [5.41, 5.74) is 0.814. The largest absolute Gasteiger partial charge is 0.447 e. The molecule has 0 bridgehead atoms.